The molecule has 0 radical (unpaired) electrons. The molecule has 0 fully saturated rings. The monoisotopic (exact) mass is 660 g/mol. The topological polar surface area (TPSA) is 0 Å². The van der Waals surface area contributed by atoms with E-state index >= 15 is 0 Å². The molecular weight excluding hydrogens is 593 g/mol. The van der Waals surface area contributed by atoms with Crippen molar-refractivity contribution in [2.45, 2.75) is 174 Å². The summed E-state index contributed by atoms with van der Waals surface area (Å²) in [5, 5.41) is 2.10. The third-order valence-electron chi connectivity index (χ3n) is 7.65. The van der Waals surface area contributed by atoms with Crippen LogP contribution in [0.4, 0.5) is 0 Å². The summed E-state index contributed by atoms with van der Waals surface area (Å²) < 4.78 is 0. The zero-order valence-corrected chi connectivity index (χ0v) is 34.1. The standard InChI is InChI=1S/C32H62P3.C5H5.Fe/c1-27(2,3)33(28(4,5)6)21-24-19-20-25(22-34(29(7,8)9)30(10,11)12)26(24)23-35(31(13,14)15)32(16,17)18;1-2-4-5-3-1;/h19-20H,21-23H2,1-18H3;1-5H;/q2*-1;+2. The first-order chi connectivity index (χ1) is 17.7. The van der Waals surface area contributed by atoms with Crippen LogP contribution in [0.15, 0.2) is 42.5 Å². The second-order valence-corrected chi connectivity index (χ2v) is 29.2. The molecule has 0 spiro atoms. The van der Waals surface area contributed by atoms with Crippen LogP contribution in [0.3, 0.4) is 0 Å². The van der Waals surface area contributed by atoms with E-state index < -0.39 is 0 Å². The van der Waals surface area contributed by atoms with E-state index in [-0.39, 0.29) is 40.8 Å². The molecule has 0 aliphatic rings. The maximum atomic E-state index is 2.55. The molecule has 0 nitrogen and oxygen atoms in total. The normalized spacial score (nSPS) is 13.9. The van der Waals surface area contributed by atoms with E-state index in [0.717, 1.165) is 0 Å². The summed E-state index contributed by atoms with van der Waals surface area (Å²) in [6, 6.07) is 15.1. The van der Waals surface area contributed by atoms with E-state index in [1.54, 1.807) is 16.7 Å². The fraction of sp³-hybridized carbons (Fsp3) is 0.730. The van der Waals surface area contributed by atoms with Crippen LogP contribution < -0.4 is 0 Å². The van der Waals surface area contributed by atoms with Crippen LogP contribution in [0.1, 0.15) is 141 Å². The molecule has 0 bridgehead atoms. The molecule has 41 heavy (non-hydrogen) atoms. The Bertz CT molecular complexity index is 877. The Morgan fingerprint density at radius 3 is 1.17 bits per heavy atom. The maximum Gasteiger partial charge on any atom is 2.00 e. The van der Waals surface area contributed by atoms with E-state index in [4.69, 9.17) is 0 Å². The van der Waals surface area contributed by atoms with Crippen LogP contribution >= 0.6 is 23.8 Å². The van der Waals surface area contributed by atoms with Gasteiger partial charge in [0.05, 0.1) is 0 Å². The molecule has 4 heteroatoms. The maximum absolute atomic E-state index is 2.55. The van der Waals surface area contributed by atoms with Gasteiger partial charge in [-0.05, 0) is 37.1 Å². The average molecular weight is 661 g/mol. The molecule has 0 aliphatic heterocycles. The van der Waals surface area contributed by atoms with Gasteiger partial charge in [-0.15, -0.1) is 21.4 Å². The van der Waals surface area contributed by atoms with Gasteiger partial charge in [0, 0.05) is 0 Å². The van der Waals surface area contributed by atoms with Crippen molar-refractivity contribution in [3.63, 3.8) is 0 Å². The first-order valence-electron chi connectivity index (χ1n) is 15.4. The van der Waals surface area contributed by atoms with Gasteiger partial charge < -0.3 is 0 Å². The van der Waals surface area contributed by atoms with Gasteiger partial charge in [0.2, 0.25) is 0 Å². The van der Waals surface area contributed by atoms with E-state index in [2.05, 4.69) is 137 Å². The Labute approximate surface area is 272 Å². The van der Waals surface area contributed by atoms with Crippen LogP contribution in [-0.4, -0.2) is 30.9 Å². The molecule has 2 aromatic carbocycles. The molecule has 238 valence electrons. The Kier molecular flexibility index (Phi) is 15.4. The van der Waals surface area contributed by atoms with Crippen LogP contribution in [0, 0.1) is 0 Å². The third-order valence-corrected chi connectivity index (χ3v) is 19.3. The van der Waals surface area contributed by atoms with Gasteiger partial charge in [-0.1, -0.05) is 145 Å². The van der Waals surface area contributed by atoms with Crippen LogP contribution in [0.2, 0.25) is 0 Å². The zero-order valence-electron chi connectivity index (χ0n) is 30.4. The summed E-state index contributed by atoms with van der Waals surface area (Å²) in [4.78, 5) is 0. The third kappa shape index (κ3) is 13.6. The molecular formula is C37H67FeP3. The Hall–Kier alpha value is 0.509. The molecule has 0 heterocycles. The van der Waals surface area contributed by atoms with Gasteiger partial charge >= 0.3 is 17.1 Å². The minimum Gasteiger partial charge on any atom is -0.214 e. The molecule has 0 aliphatic carbocycles. The van der Waals surface area contributed by atoms with Crippen LogP contribution in [-0.2, 0) is 35.6 Å². The first-order valence-corrected chi connectivity index (χ1v) is 20.0. The fourth-order valence-electron chi connectivity index (χ4n) is 6.37. The van der Waals surface area contributed by atoms with E-state index in [0.29, 0.717) is 30.9 Å². The van der Waals surface area contributed by atoms with Gasteiger partial charge in [0.25, 0.3) is 0 Å². The Morgan fingerprint density at radius 2 is 0.878 bits per heavy atom. The second-order valence-electron chi connectivity index (χ2n) is 17.6. The molecule has 0 atom stereocenters. The summed E-state index contributed by atoms with van der Waals surface area (Å²) >= 11 is 0. The molecule has 0 aromatic heterocycles. The van der Waals surface area contributed by atoms with Crippen molar-refractivity contribution in [1.29, 1.82) is 0 Å². The van der Waals surface area contributed by atoms with Gasteiger partial charge in [0.1, 0.15) is 0 Å². The second kappa shape index (κ2) is 15.2. The average Bonchev–Trinajstić information content (AvgIpc) is 3.36. The van der Waals surface area contributed by atoms with E-state index in [1.807, 2.05) is 30.3 Å². The molecule has 0 amide bonds. The van der Waals surface area contributed by atoms with Crippen molar-refractivity contribution in [3.05, 3.63) is 59.2 Å². The van der Waals surface area contributed by atoms with Gasteiger partial charge in [-0.3, -0.25) is 0 Å². The van der Waals surface area contributed by atoms with Crippen LogP contribution in [0.25, 0.3) is 0 Å². The molecule has 0 unspecified atom stereocenters. The van der Waals surface area contributed by atoms with Crippen molar-refractivity contribution in [1.82, 2.24) is 0 Å². The fourth-order valence-corrected chi connectivity index (χ4v) is 17.2. The zero-order chi connectivity index (χ0) is 31.5. The Morgan fingerprint density at radius 1 is 0.537 bits per heavy atom. The van der Waals surface area contributed by atoms with Crippen molar-refractivity contribution in [2.24, 2.45) is 0 Å². The number of hydrogen-bond acceptors (Lipinski definition) is 0. The van der Waals surface area contributed by atoms with E-state index in [9.17, 15) is 0 Å². The smallest absolute Gasteiger partial charge is 0.214 e. The molecule has 2 aromatic rings. The van der Waals surface area contributed by atoms with Crippen molar-refractivity contribution < 1.29 is 17.1 Å². The summed E-state index contributed by atoms with van der Waals surface area (Å²) in [7, 11) is -0.486. The summed E-state index contributed by atoms with van der Waals surface area (Å²) in [6.07, 6.45) is 3.80. The summed E-state index contributed by atoms with van der Waals surface area (Å²) in [5.74, 6) is 0. The largest absolute Gasteiger partial charge is 2.00 e. The quantitative estimate of drug-likeness (QED) is 0.164. The van der Waals surface area contributed by atoms with Gasteiger partial charge in [0.15, 0.2) is 0 Å². The van der Waals surface area contributed by atoms with Crippen LogP contribution in [0.5, 0.6) is 0 Å². The molecule has 0 N–H and O–H groups in total. The number of hydrogen-bond donors (Lipinski definition) is 0. The SMILES string of the molecule is CC(C)(C)P(Cc1cc[c-](CP(C(C)(C)C)C(C)(C)C)c1CP(C(C)(C)C)C(C)(C)C)C(C)(C)C.[Fe+2].c1cc[cH-]c1. The summed E-state index contributed by atoms with van der Waals surface area (Å²) in [6.45, 7) is 44.6. The predicted octanol–water partition coefficient (Wildman–Crippen LogP) is 13.5. The van der Waals surface area contributed by atoms with Crippen molar-refractivity contribution in [3.8, 4) is 0 Å². The minimum atomic E-state index is -0.174. The van der Waals surface area contributed by atoms with Gasteiger partial charge in [-0.2, -0.15) is 35.4 Å². The minimum absolute atomic E-state index is 0. The van der Waals surface area contributed by atoms with Gasteiger partial charge in [-0.25, -0.2) is 18.2 Å². The Balaban J connectivity index is 0.00000239. The summed E-state index contributed by atoms with van der Waals surface area (Å²) in [5.41, 5.74) is 5.09. The molecule has 2 rings (SSSR count). The number of rotatable bonds is 6. The van der Waals surface area contributed by atoms with E-state index in [1.165, 1.54) is 18.5 Å². The predicted molar refractivity (Wildman–Crippen MR) is 194 cm³/mol. The van der Waals surface area contributed by atoms with Crippen molar-refractivity contribution in [2.75, 3.05) is 0 Å². The molecule has 0 saturated heterocycles. The molecule has 0 saturated carbocycles. The van der Waals surface area contributed by atoms with Crippen molar-refractivity contribution >= 4 is 23.8 Å². The first kappa shape index (κ1) is 41.5.